The zero-order valence-corrected chi connectivity index (χ0v) is 11.6. The van der Waals surface area contributed by atoms with Gasteiger partial charge in [0.05, 0.1) is 5.56 Å². The van der Waals surface area contributed by atoms with Gasteiger partial charge in [0.2, 0.25) is 0 Å². The largest absolute Gasteiger partial charge is 0.416 e. The van der Waals surface area contributed by atoms with Crippen molar-refractivity contribution in [1.29, 1.82) is 0 Å². The SMILES string of the molecule is Cc1ccc(/C=C/C=C/c2ccc(C(F)(F)F)cc2)cc1. The van der Waals surface area contributed by atoms with E-state index >= 15 is 0 Å². The second-order valence-electron chi connectivity index (χ2n) is 4.75. The molecule has 2 aromatic carbocycles. The highest BCUT2D eigenvalue weighted by Gasteiger charge is 2.29. The number of benzene rings is 2. The first-order chi connectivity index (χ1) is 9.95. The van der Waals surface area contributed by atoms with Crippen LogP contribution in [0.3, 0.4) is 0 Å². The van der Waals surface area contributed by atoms with Crippen molar-refractivity contribution in [2.45, 2.75) is 13.1 Å². The first-order valence-corrected chi connectivity index (χ1v) is 6.54. The predicted octanol–water partition coefficient (Wildman–Crippen LogP) is 5.74. The van der Waals surface area contributed by atoms with Crippen LogP contribution in [0.25, 0.3) is 12.2 Å². The molecule has 108 valence electrons. The quantitative estimate of drug-likeness (QED) is 0.632. The highest BCUT2D eigenvalue weighted by Crippen LogP contribution is 2.29. The Balaban J connectivity index is 1.99. The Hall–Kier alpha value is -2.29. The van der Waals surface area contributed by atoms with E-state index in [1.807, 2.05) is 49.4 Å². The number of hydrogen-bond donors (Lipinski definition) is 0. The monoisotopic (exact) mass is 288 g/mol. The average molecular weight is 288 g/mol. The smallest absolute Gasteiger partial charge is 0.166 e. The molecule has 0 unspecified atom stereocenters. The third-order valence-corrected chi connectivity index (χ3v) is 3.00. The summed E-state index contributed by atoms with van der Waals surface area (Å²) in [5.41, 5.74) is 2.39. The Morgan fingerprint density at radius 3 is 1.57 bits per heavy atom. The minimum atomic E-state index is -4.28. The van der Waals surface area contributed by atoms with Crippen molar-refractivity contribution in [2.24, 2.45) is 0 Å². The molecule has 0 heterocycles. The topological polar surface area (TPSA) is 0 Å². The molecule has 0 aliphatic rings. The lowest BCUT2D eigenvalue weighted by molar-refractivity contribution is -0.137. The van der Waals surface area contributed by atoms with Gasteiger partial charge in [-0.2, -0.15) is 13.2 Å². The summed E-state index contributed by atoms with van der Waals surface area (Å²) in [5.74, 6) is 0. The normalized spacial score (nSPS) is 12.4. The van der Waals surface area contributed by atoms with Crippen LogP contribution >= 0.6 is 0 Å². The maximum atomic E-state index is 12.4. The van der Waals surface area contributed by atoms with E-state index in [4.69, 9.17) is 0 Å². The van der Waals surface area contributed by atoms with Gasteiger partial charge in [0.1, 0.15) is 0 Å². The van der Waals surface area contributed by atoms with Gasteiger partial charge in [-0.15, -0.1) is 0 Å². The fourth-order valence-electron chi connectivity index (χ4n) is 1.79. The van der Waals surface area contributed by atoms with Crippen LogP contribution in [-0.2, 0) is 6.18 Å². The van der Waals surface area contributed by atoms with E-state index in [9.17, 15) is 13.2 Å². The molecule has 0 saturated heterocycles. The molecular formula is C18H15F3. The Morgan fingerprint density at radius 2 is 1.14 bits per heavy atom. The van der Waals surface area contributed by atoms with E-state index < -0.39 is 11.7 Å². The molecule has 0 aliphatic carbocycles. The summed E-state index contributed by atoms with van der Waals surface area (Å²) in [6, 6.07) is 13.2. The molecule has 0 radical (unpaired) electrons. The van der Waals surface area contributed by atoms with Crippen molar-refractivity contribution in [3.8, 4) is 0 Å². The van der Waals surface area contributed by atoms with Crippen LogP contribution in [0.2, 0.25) is 0 Å². The van der Waals surface area contributed by atoms with Gasteiger partial charge in [0.25, 0.3) is 0 Å². The van der Waals surface area contributed by atoms with Crippen LogP contribution in [0.5, 0.6) is 0 Å². The van der Waals surface area contributed by atoms with Crippen molar-refractivity contribution in [3.63, 3.8) is 0 Å². The second-order valence-corrected chi connectivity index (χ2v) is 4.75. The van der Waals surface area contributed by atoms with E-state index in [2.05, 4.69) is 0 Å². The van der Waals surface area contributed by atoms with Crippen molar-refractivity contribution in [1.82, 2.24) is 0 Å². The molecule has 0 amide bonds. The molecule has 0 aromatic heterocycles. The lowest BCUT2D eigenvalue weighted by Crippen LogP contribution is -2.03. The summed E-state index contributed by atoms with van der Waals surface area (Å²) >= 11 is 0. The van der Waals surface area contributed by atoms with Crippen molar-refractivity contribution in [3.05, 3.63) is 82.9 Å². The average Bonchev–Trinajstić information content (AvgIpc) is 2.45. The van der Waals surface area contributed by atoms with Gasteiger partial charge < -0.3 is 0 Å². The van der Waals surface area contributed by atoms with E-state index in [1.165, 1.54) is 17.7 Å². The van der Waals surface area contributed by atoms with Crippen LogP contribution in [0, 0.1) is 6.92 Å². The number of rotatable bonds is 3. The molecule has 2 rings (SSSR count). The van der Waals surface area contributed by atoms with E-state index in [0.717, 1.165) is 23.3 Å². The third-order valence-electron chi connectivity index (χ3n) is 3.00. The summed E-state index contributed by atoms with van der Waals surface area (Å²) in [6.07, 6.45) is 3.10. The van der Waals surface area contributed by atoms with Gasteiger partial charge in [0, 0.05) is 0 Å². The second kappa shape index (κ2) is 6.44. The van der Waals surface area contributed by atoms with E-state index in [-0.39, 0.29) is 0 Å². The molecule has 21 heavy (non-hydrogen) atoms. The van der Waals surface area contributed by atoms with Crippen LogP contribution in [0.15, 0.2) is 60.7 Å². The molecule has 2 aromatic rings. The molecule has 3 heteroatoms. The highest BCUT2D eigenvalue weighted by atomic mass is 19.4. The maximum Gasteiger partial charge on any atom is 0.416 e. The number of alkyl halides is 3. The lowest BCUT2D eigenvalue weighted by Gasteiger charge is -2.05. The van der Waals surface area contributed by atoms with Crippen molar-refractivity contribution in [2.75, 3.05) is 0 Å². The number of hydrogen-bond acceptors (Lipinski definition) is 0. The van der Waals surface area contributed by atoms with Crippen LogP contribution in [0.1, 0.15) is 22.3 Å². The molecule has 0 fully saturated rings. The highest BCUT2D eigenvalue weighted by molar-refractivity contribution is 5.57. The molecule has 0 nitrogen and oxygen atoms in total. The molecule has 0 atom stereocenters. The van der Waals surface area contributed by atoms with Crippen molar-refractivity contribution < 1.29 is 13.2 Å². The summed E-state index contributed by atoms with van der Waals surface area (Å²) in [5, 5.41) is 0. The zero-order valence-electron chi connectivity index (χ0n) is 11.6. The number of aryl methyl sites for hydroxylation is 1. The zero-order chi connectivity index (χ0) is 15.3. The van der Waals surface area contributed by atoms with Gasteiger partial charge in [-0.3, -0.25) is 0 Å². The van der Waals surface area contributed by atoms with Gasteiger partial charge in [-0.05, 0) is 30.2 Å². The van der Waals surface area contributed by atoms with Crippen LogP contribution in [-0.4, -0.2) is 0 Å². The van der Waals surface area contributed by atoms with Gasteiger partial charge in [-0.25, -0.2) is 0 Å². The summed E-state index contributed by atoms with van der Waals surface area (Å²) < 4.78 is 37.2. The van der Waals surface area contributed by atoms with E-state index in [0.29, 0.717) is 0 Å². The maximum absolute atomic E-state index is 12.4. The fraction of sp³-hybridized carbons (Fsp3) is 0.111. The fourth-order valence-corrected chi connectivity index (χ4v) is 1.79. The predicted molar refractivity (Wildman–Crippen MR) is 80.7 cm³/mol. The van der Waals surface area contributed by atoms with E-state index in [1.54, 1.807) is 6.08 Å². The summed E-state index contributed by atoms with van der Waals surface area (Å²) in [4.78, 5) is 0. The molecular weight excluding hydrogens is 273 g/mol. The third kappa shape index (κ3) is 4.63. The standard InChI is InChI=1S/C18H15F3/c1-14-6-8-15(9-7-14)4-2-3-5-16-10-12-17(13-11-16)18(19,20)21/h2-13H,1H3/b4-2+,5-3+. The Morgan fingerprint density at radius 1 is 0.714 bits per heavy atom. The van der Waals surface area contributed by atoms with Crippen LogP contribution in [0.4, 0.5) is 13.2 Å². The van der Waals surface area contributed by atoms with Crippen molar-refractivity contribution >= 4 is 12.2 Å². The summed E-state index contributed by atoms with van der Waals surface area (Å²) in [7, 11) is 0. The summed E-state index contributed by atoms with van der Waals surface area (Å²) in [6.45, 7) is 2.03. The minimum Gasteiger partial charge on any atom is -0.166 e. The van der Waals surface area contributed by atoms with Gasteiger partial charge in [-0.1, -0.05) is 66.3 Å². The Labute approximate surface area is 122 Å². The molecule has 0 spiro atoms. The molecule has 0 saturated carbocycles. The molecule has 0 bridgehead atoms. The Kier molecular flexibility index (Phi) is 4.63. The molecule has 0 N–H and O–H groups in total. The first-order valence-electron chi connectivity index (χ1n) is 6.54. The number of allylic oxidation sites excluding steroid dienone is 2. The van der Waals surface area contributed by atoms with Gasteiger partial charge >= 0.3 is 6.18 Å². The number of halogens is 3. The first kappa shape index (κ1) is 15.1. The van der Waals surface area contributed by atoms with Gasteiger partial charge in [0.15, 0.2) is 0 Å². The lowest BCUT2D eigenvalue weighted by atomic mass is 10.1. The molecule has 0 aliphatic heterocycles. The minimum absolute atomic E-state index is 0.630. The Bertz CT molecular complexity index is 630. The van der Waals surface area contributed by atoms with Crippen LogP contribution < -0.4 is 0 Å².